The number of hydrogen-bond acceptors (Lipinski definition) is 4. The second kappa shape index (κ2) is 5.45. The van der Waals surface area contributed by atoms with Crippen LogP contribution < -0.4 is 0 Å². The standard InChI is InChI=1S/C14H8BrNOS2/c15-10-7-9(8-17)5-6-12(10)18-14-16-11-3-1-2-4-13(11)19-14/h1-8H. The highest BCUT2D eigenvalue weighted by molar-refractivity contribution is 9.10. The van der Waals surface area contributed by atoms with Gasteiger partial charge in [0.25, 0.3) is 0 Å². The van der Waals surface area contributed by atoms with E-state index >= 15 is 0 Å². The highest BCUT2D eigenvalue weighted by atomic mass is 79.9. The molecular formula is C14H8BrNOS2. The molecule has 5 heteroatoms. The Kier molecular flexibility index (Phi) is 3.68. The normalized spacial score (nSPS) is 10.8. The molecule has 0 radical (unpaired) electrons. The third-order valence-corrected chi connectivity index (χ3v) is 5.65. The molecule has 2 nitrogen and oxygen atoms in total. The van der Waals surface area contributed by atoms with Crippen LogP contribution in [0.2, 0.25) is 0 Å². The molecular weight excluding hydrogens is 342 g/mol. The summed E-state index contributed by atoms with van der Waals surface area (Å²) in [5, 5.41) is 0. The third-order valence-electron chi connectivity index (χ3n) is 2.56. The second-order valence-corrected chi connectivity index (χ2v) is 7.03. The lowest BCUT2D eigenvalue weighted by atomic mass is 10.2. The number of rotatable bonds is 3. The van der Waals surface area contributed by atoms with Crippen molar-refractivity contribution in [1.82, 2.24) is 4.98 Å². The molecule has 3 rings (SSSR count). The van der Waals surface area contributed by atoms with Gasteiger partial charge in [0.1, 0.15) is 6.29 Å². The van der Waals surface area contributed by atoms with Crippen LogP contribution in [0.1, 0.15) is 10.4 Å². The van der Waals surface area contributed by atoms with Gasteiger partial charge in [-0.05, 0) is 40.2 Å². The minimum Gasteiger partial charge on any atom is -0.298 e. The Labute approximate surface area is 127 Å². The molecule has 0 aliphatic rings. The van der Waals surface area contributed by atoms with Crippen LogP contribution >= 0.6 is 39.0 Å². The maximum Gasteiger partial charge on any atom is 0.155 e. The van der Waals surface area contributed by atoms with Crippen LogP contribution in [0.3, 0.4) is 0 Å². The molecule has 0 spiro atoms. The molecule has 0 saturated carbocycles. The van der Waals surface area contributed by atoms with Gasteiger partial charge in [0.05, 0.1) is 10.2 Å². The number of benzene rings is 2. The van der Waals surface area contributed by atoms with Gasteiger partial charge >= 0.3 is 0 Å². The molecule has 0 saturated heterocycles. The van der Waals surface area contributed by atoms with Crippen molar-refractivity contribution in [1.29, 1.82) is 0 Å². The number of carbonyl (C=O) groups excluding carboxylic acids is 1. The summed E-state index contributed by atoms with van der Waals surface area (Å²) >= 11 is 6.76. The van der Waals surface area contributed by atoms with Crippen molar-refractivity contribution in [2.75, 3.05) is 0 Å². The lowest BCUT2D eigenvalue weighted by molar-refractivity contribution is 0.112. The van der Waals surface area contributed by atoms with Gasteiger partial charge in [-0.25, -0.2) is 4.98 Å². The molecule has 2 aromatic carbocycles. The largest absolute Gasteiger partial charge is 0.298 e. The van der Waals surface area contributed by atoms with E-state index in [1.54, 1.807) is 23.1 Å². The fraction of sp³-hybridized carbons (Fsp3) is 0. The molecule has 0 bridgehead atoms. The minimum atomic E-state index is 0.667. The molecule has 0 amide bonds. The number of aldehydes is 1. The highest BCUT2D eigenvalue weighted by Gasteiger charge is 2.08. The van der Waals surface area contributed by atoms with E-state index in [-0.39, 0.29) is 0 Å². The minimum absolute atomic E-state index is 0.667. The van der Waals surface area contributed by atoms with Crippen LogP contribution in [-0.4, -0.2) is 11.3 Å². The quantitative estimate of drug-likeness (QED) is 0.621. The zero-order valence-electron chi connectivity index (χ0n) is 9.67. The van der Waals surface area contributed by atoms with Gasteiger partial charge in [-0.2, -0.15) is 0 Å². The number of hydrogen-bond donors (Lipinski definition) is 0. The van der Waals surface area contributed by atoms with Crippen molar-refractivity contribution in [2.24, 2.45) is 0 Å². The van der Waals surface area contributed by atoms with E-state index in [9.17, 15) is 4.79 Å². The Hall–Kier alpha value is -1.17. The zero-order chi connectivity index (χ0) is 13.2. The fourth-order valence-corrected chi connectivity index (χ4v) is 4.33. The topological polar surface area (TPSA) is 30.0 Å². The molecule has 19 heavy (non-hydrogen) atoms. The Morgan fingerprint density at radius 3 is 2.79 bits per heavy atom. The Morgan fingerprint density at radius 2 is 2.05 bits per heavy atom. The van der Waals surface area contributed by atoms with Crippen molar-refractivity contribution in [3.8, 4) is 0 Å². The first-order valence-electron chi connectivity index (χ1n) is 5.54. The molecule has 0 unspecified atom stereocenters. The van der Waals surface area contributed by atoms with E-state index in [0.29, 0.717) is 5.56 Å². The number of halogens is 1. The summed E-state index contributed by atoms with van der Waals surface area (Å²) in [5.74, 6) is 0. The summed E-state index contributed by atoms with van der Waals surface area (Å²) < 4.78 is 3.10. The van der Waals surface area contributed by atoms with Crippen LogP contribution in [0, 0.1) is 0 Å². The smallest absolute Gasteiger partial charge is 0.155 e. The molecule has 0 N–H and O–H groups in total. The average Bonchev–Trinajstić information content (AvgIpc) is 2.83. The van der Waals surface area contributed by atoms with E-state index in [4.69, 9.17) is 0 Å². The average molecular weight is 350 g/mol. The van der Waals surface area contributed by atoms with Gasteiger partial charge in [-0.1, -0.05) is 30.0 Å². The molecule has 0 aliphatic heterocycles. The second-order valence-electron chi connectivity index (χ2n) is 3.86. The maximum atomic E-state index is 10.7. The monoisotopic (exact) mass is 349 g/mol. The van der Waals surface area contributed by atoms with Crippen molar-refractivity contribution in [3.63, 3.8) is 0 Å². The van der Waals surface area contributed by atoms with Crippen LogP contribution in [0.25, 0.3) is 10.2 Å². The van der Waals surface area contributed by atoms with Crippen LogP contribution in [0.15, 0.2) is 56.2 Å². The van der Waals surface area contributed by atoms with Gasteiger partial charge < -0.3 is 0 Å². The van der Waals surface area contributed by atoms with Gasteiger partial charge in [-0.3, -0.25) is 4.79 Å². The van der Waals surface area contributed by atoms with Gasteiger partial charge in [0.15, 0.2) is 4.34 Å². The molecule has 0 atom stereocenters. The van der Waals surface area contributed by atoms with E-state index in [1.165, 1.54) is 4.70 Å². The summed E-state index contributed by atoms with van der Waals surface area (Å²) in [6.45, 7) is 0. The van der Waals surface area contributed by atoms with Crippen LogP contribution in [0.4, 0.5) is 0 Å². The first-order valence-corrected chi connectivity index (χ1v) is 7.97. The maximum absolute atomic E-state index is 10.7. The van der Waals surface area contributed by atoms with Crippen molar-refractivity contribution < 1.29 is 4.79 Å². The summed E-state index contributed by atoms with van der Waals surface area (Å²) in [7, 11) is 0. The van der Waals surface area contributed by atoms with E-state index in [0.717, 1.165) is 25.5 Å². The number of fused-ring (bicyclic) bond motifs is 1. The summed E-state index contributed by atoms with van der Waals surface area (Å²) in [5.41, 5.74) is 1.69. The van der Waals surface area contributed by atoms with Crippen LogP contribution in [0.5, 0.6) is 0 Å². The number of nitrogens with zero attached hydrogens (tertiary/aromatic N) is 1. The summed E-state index contributed by atoms with van der Waals surface area (Å²) in [4.78, 5) is 16.4. The van der Waals surface area contributed by atoms with Crippen LogP contribution in [-0.2, 0) is 0 Å². The van der Waals surface area contributed by atoms with E-state index in [1.807, 2.05) is 36.4 Å². The molecule has 94 valence electrons. The van der Waals surface area contributed by atoms with Crippen molar-refractivity contribution >= 4 is 55.5 Å². The van der Waals surface area contributed by atoms with Gasteiger partial charge in [0.2, 0.25) is 0 Å². The number of thiazole rings is 1. The van der Waals surface area contributed by atoms with Crippen molar-refractivity contribution in [2.45, 2.75) is 9.24 Å². The first-order chi connectivity index (χ1) is 9.26. The Morgan fingerprint density at radius 1 is 1.21 bits per heavy atom. The molecule has 0 aliphatic carbocycles. The Balaban J connectivity index is 1.94. The van der Waals surface area contributed by atoms with E-state index in [2.05, 4.69) is 27.0 Å². The van der Waals surface area contributed by atoms with E-state index < -0.39 is 0 Å². The number of carbonyl (C=O) groups is 1. The summed E-state index contributed by atoms with van der Waals surface area (Å²) in [6, 6.07) is 13.7. The predicted octanol–water partition coefficient (Wildman–Crippen LogP) is 5.02. The first kappa shape index (κ1) is 12.8. The molecule has 0 fully saturated rings. The lowest BCUT2D eigenvalue weighted by Crippen LogP contribution is -1.81. The SMILES string of the molecule is O=Cc1ccc(Sc2nc3ccccc3s2)c(Br)c1. The predicted molar refractivity (Wildman–Crippen MR) is 83.3 cm³/mol. The lowest BCUT2D eigenvalue weighted by Gasteiger charge is -2.01. The highest BCUT2D eigenvalue weighted by Crippen LogP contribution is 2.37. The molecule has 3 aromatic rings. The van der Waals surface area contributed by atoms with Gasteiger partial charge in [-0.15, -0.1) is 11.3 Å². The third kappa shape index (κ3) is 2.73. The fourth-order valence-electron chi connectivity index (χ4n) is 1.66. The van der Waals surface area contributed by atoms with Crippen molar-refractivity contribution in [3.05, 3.63) is 52.5 Å². The van der Waals surface area contributed by atoms with Gasteiger partial charge in [0, 0.05) is 14.9 Å². The summed E-state index contributed by atoms with van der Waals surface area (Å²) in [6.07, 6.45) is 0.844. The Bertz CT molecular complexity index is 721. The zero-order valence-corrected chi connectivity index (χ0v) is 12.9. The molecule has 1 aromatic heterocycles. The molecule has 1 heterocycles. The number of aromatic nitrogens is 1. The number of para-hydroxylation sites is 1.